The lowest BCUT2D eigenvalue weighted by Crippen LogP contribution is -2.43. The van der Waals surface area contributed by atoms with E-state index in [-0.39, 0.29) is 0 Å². The molecule has 1 aliphatic heterocycles. The molecule has 1 N–H and O–H groups in total. The number of halogens is 1. The molecule has 1 unspecified atom stereocenters. The summed E-state index contributed by atoms with van der Waals surface area (Å²) in [4.78, 5) is 0. The van der Waals surface area contributed by atoms with Crippen LogP contribution in [-0.2, 0) is 6.42 Å². The highest BCUT2D eigenvalue weighted by Gasteiger charge is 2.32. The molecule has 1 saturated heterocycles. The van der Waals surface area contributed by atoms with Crippen LogP contribution in [0.2, 0.25) is 0 Å². The topological polar surface area (TPSA) is 29.9 Å². The maximum absolute atomic E-state index is 14.4. The first-order chi connectivity index (χ1) is 7.59. The Hall–Kier alpha value is -0.900. The Labute approximate surface area is 96.0 Å². The predicted octanol–water partition coefficient (Wildman–Crippen LogP) is 2.10. The molecule has 1 aromatic heterocycles. The van der Waals surface area contributed by atoms with Gasteiger partial charge in [-0.25, -0.2) is 4.39 Å². The molecule has 0 aliphatic carbocycles. The fraction of sp³-hybridized carbons (Fsp3) is 0.750. The number of piperidine rings is 1. The van der Waals surface area contributed by atoms with E-state index in [4.69, 9.17) is 0 Å². The molecule has 1 aromatic rings. The van der Waals surface area contributed by atoms with E-state index in [1.807, 2.05) is 16.9 Å². The number of nitrogens with one attached hydrogen (secondary N) is 1. The average molecular weight is 225 g/mol. The lowest BCUT2D eigenvalue weighted by atomic mass is 9.91. The van der Waals surface area contributed by atoms with Crippen molar-refractivity contribution < 1.29 is 4.39 Å². The van der Waals surface area contributed by atoms with Crippen molar-refractivity contribution in [1.82, 2.24) is 15.1 Å². The van der Waals surface area contributed by atoms with E-state index in [9.17, 15) is 4.39 Å². The minimum atomic E-state index is -1.10. The second-order valence-corrected chi connectivity index (χ2v) is 4.99. The highest BCUT2D eigenvalue weighted by molar-refractivity contribution is 5.06. The van der Waals surface area contributed by atoms with Gasteiger partial charge >= 0.3 is 0 Å². The zero-order valence-electron chi connectivity index (χ0n) is 10.0. The summed E-state index contributed by atoms with van der Waals surface area (Å²) in [5.41, 5.74) is -0.242. The van der Waals surface area contributed by atoms with E-state index < -0.39 is 5.67 Å². The van der Waals surface area contributed by atoms with Gasteiger partial charge in [0.05, 0.1) is 5.69 Å². The second-order valence-electron chi connectivity index (χ2n) is 4.99. The third-order valence-corrected chi connectivity index (χ3v) is 3.11. The predicted molar refractivity (Wildman–Crippen MR) is 62.3 cm³/mol. The van der Waals surface area contributed by atoms with Crippen LogP contribution in [0.3, 0.4) is 0 Å². The van der Waals surface area contributed by atoms with Gasteiger partial charge in [0.25, 0.3) is 0 Å². The second kappa shape index (κ2) is 4.53. The van der Waals surface area contributed by atoms with Gasteiger partial charge in [-0.15, -0.1) is 0 Å². The summed E-state index contributed by atoms with van der Waals surface area (Å²) in [5, 5.41) is 7.51. The van der Waals surface area contributed by atoms with Crippen LogP contribution in [0, 0.1) is 0 Å². The summed E-state index contributed by atoms with van der Waals surface area (Å²) < 4.78 is 16.2. The minimum Gasteiger partial charge on any atom is -0.314 e. The first-order valence-corrected chi connectivity index (χ1v) is 6.03. The minimum absolute atomic E-state index is 0.341. The molecule has 0 spiro atoms. The van der Waals surface area contributed by atoms with Crippen molar-refractivity contribution in [1.29, 1.82) is 0 Å². The Morgan fingerprint density at radius 2 is 2.44 bits per heavy atom. The largest absolute Gasteiger partial charge is 0.314 e. The summed E-state index contributed by atoms with van der Waals surface area (Å²) in [5.74, 6) is 0. The molecule has 16 heavy (non-hydrogen) atoms. The summed E-state index contributed by atoms with van der Waals surface area (Å²) in [7, 11) is 0. The van der Waals surface area contributed by atoms with E-state index in [0.29, 0.717) is 25.4 Å². The number of hydrogen-bond acceptors (Lipinski definition) is 2. The number of rotatable bonds is 3. The highest BCUT2D eigenvalue weighted by Crippen LogP contribution is 2.25. The molecule has 0 amide bonds. The van der Waals surface area contributed by atoms with Crippen LogP contribution in [0.4, 0.5) is 4.39 Å². The van der Waals surface area contributed by atoms with Crippen LogP contribution < -0.4 is 5.32 Å². The molecule has 2 rings (SSSR count). The van der Waals surface area contributed by atoms with Crippen molar-refractivity contribution in [2.75, 3.05) is 13.1 Å². The molecular formula is C12H20FN3. The van der Waals surface area contributed by atoms with Gasteiger partial charge in [0.2, 0.25) is 0 Å². The number of alkyl halides is 1. The lowest BCUT2D eigenvalue weighted by Gasteiger charge is -2.29. The standard InChI is InChI=1S/C12H20FN3/c1-10(2)16-7-4-11(15-16)8-12(13)5-3-6-14-9-12/h4,7,10,14H,3,5-6,8-9H2,1-2H3. The fourth-order valence-electron chi connectivity index (χ4n) is 2.17. The Morgan fingerprint density at radius 3 is 3.00 bits per heavy atom. The third-order valence-electron chi connectivity index (χ3n) is 3.11. The van der Waals surface area contributed by atoms with Gasteiger partial charge in [-0.05, 0) is 39.3 Å². The van der Waals surface area contributed by atoms with Crippen LogP contribution in [0.1, 0.15) is 38.4 Å². The van der Waals surface area contributed by atoms with E-state index in [1.54, 1.807) is 0 Å². The van der Waals surface area contributed by atoms with Gasteiger partial charge in [0.15, 0.2) is 0 Å². The summed E-state index contributed by atoms with van der Waals surface area (Å²) in [6.45, 7) is 5.54. The number of aromatic nitrogens is 2. The van der Waals surface area contributed by atoms with Crippen molar-refractivity contribution in [3.63, 3.8) is 0 Å². The van der Waals surface area contributed by atoms with Gasteiger partial charge < -0.3 is 5.32 Å². The van der Waals surface area contributed by atoms with Gasteiger partial charge in [0, 0.05) is 25.2 Å². The lowest BCUT2D eigenvalue weighted by molar-refractivity contribution is 0.121. The summed E-state index contributed by atoms with van der Waals surface area (Å²) in [6.07, 6.45) is 3.93. The smallest absolute Gasteiger partial charge is 0.129 e. The molecule has 0 aromatic carbocycles. The molecule has 90 valence electrons. The molecular weight excluding hydrogens is 205 g/mol. The highest BCUT2D eigenvalue weighted by atomic mass is 19.1. The van der Waals surface area contributed by atoms with Gasteiger partial charge in [-0.3, -0.25) is 4.68 Å². The molecule has 2 heterocycles. The van der Waals surface area contributed by atoms with Crippen molar-refractivity contribution in [2.45, 2.75) is 44.8 Å². The first kappa shape index (κ1) is 11.6. The normalized spacial score (nSPS) is 26.2. The van der Waals surface area contributed by atoms with Gasteiger partial charge in [-0.2, -0.15) is 5.10 Å². The molecule has 0 bridgehead atoms. The van der Waals surface area contributed by atoms with Crippen LogP contribution in [0.15, 0.2) is 12.3 Å². The van der Waals surface area contributed by atoms with Crippen molar-refractivity contribution in [3.8, 4) is 0 Å². The van der Waals surface area contributed by atoms with Crippen molar-refractivity contribution >= 4 is 0 Å². The SMILES string of the molecule is CC(C)n1ccc(CC2(F)CCCNC2)n1. The maximum atomic E-state index is 14.4. The zero-order chi connectivity index (χ0) is 11.6. The maximum Gasteiger partial charge on any atom is 0.129 e. The molecule has 3 nitrogen and oxygen atoms in total. The van der Waals surface area contributed by atoms with Crippen LogP contribution in [0.25, 0.3) is 0 Å². The molecule has 0 saturated carbocycles. The van der Waals surface area contributed by atoms with Crippen molar-refractivity contribution in [2.24, 2.45) is 0 Å². The zero-order valence-corrected chi connectivity index (χ0v) is 10.0. The quantitative estimate of drug-likeness (QED) is 0.853. The molecule has 4 heteroatoms. The first-order valence-electron chi connectivity index (χ1n) is 6.03. The third kappa shape index (κ3) is 2.61. The van der Waals surface area contributed by atoms with Gasteiger partial charge in [-0.1, -0.05) is 0 Å². The van der Waals surface area contributed by atoms with Crippen LogP contribution in [0.5, 0.6) is 0 Å². The number of hydrogen-bond donors (Lipinski definition) is 1. The number of nitrogens with zero attached hydrogens (tertiary/aromatic N) is 2. The van der Waals surface area contributed by atoms with E-state index in [0.717, 1.165) is 18.7 Å². The molecule has 1 fully saturated rings. The fourth-order valence-corrected chi connectivity index (χ4v) is 2.17. The summed E-state index contributed by atoms with van der Waals surface area (Å²) >= 11 is 0. The van der Waals surface area contributed by atoms with E-state index in [1.165, 1.54) is 0 Å². The Morgan fingerprint density at radius 1 is 1.62 bits per heavy atom. The molecule has 1 aliphatic rings. The monoisotopic (exact) mass is 225 g/mol. The summed E-state index contributed by atoms with van der Waals surface area (Å²) in [6, 6.07) is 2.27. The van der Waals surface area contributed by atoms with Gasteiger partial charge in [0.1, 0.15) is 5.67 Å². The Kier molecular flexibility index (Phi) is 3.28. The average Bonchev–Trinajstić information content (AvgIpc) is 2.66. The van der Waals surface area contributed by atoms with Crippen molar-refractivity contribution in [3.05, 3.63) is 18.0 Å². The Balaban J connectivity index is 2.02. The van der Waals surface area contributed by atoms with Crippen LogP contribution in [-0.4, -0.2) is 28.5 Å². The van der Waals surface area contributed by atoms with E-state index in [2.05, 4.69) is 24.3 Å². The molecule has 0 radical (unpaired) electrons. The Bertz CT molecular complexity index is 340. The van der Waals surface area contributed by atoms with E-state index >= 15 is 0 Å². The van der Waals surface area contributed by atoms with Crippen LogP contribution >= 0.6 is 0 Å². The molecule has 1 atom stereocenters.